The minimum atomic E-state index is -0.374. The van der Waals surface area contributed by atoms with Crippen LogP contribution in [0.1, 0.15) is 23.8 Å². The molecule has 1 aliphatic rings. The van der Waals surface area contributed by atoms with Crippen molar-refractivity contribution in [2.75, 3.05) is 11.4 Å². The number of hydrogen-bond acceptors (Lipinski definition) is 4. The summed E-state index contributed by atoms with van der Waals surface area (Å²) in [6.45, 7) is 2.21. The molecule has 1 amide bonds. The van der Waals surface area contributed by atoms with Crippen molar-refractivity contribution in [1.29, 1.82) is 0 Å². The molecule has 7 heteroatoms. The molecular weight excluding hydrogens is 357 g/mol. The number of amides is 1. The Morgan fingerprint density at radius 1 is 1.27 bits per heavy atom. The Labute approximate surface area is 154 Å². The van der Waals surface area contributed by atoms with E-state index in [2.05, 4.69) is 10.1 Å². The van der Waals surface area contributed by atoms with Crippen LogP contribution in [-0.4, -0.2) is 22.6 Å². The molecule has 1 atom stereocenters. The van der Waals surface area contributed by atoms with Gasteiger partial charge in [-0.3, -0.25) is 4.79 Å². The number of aromatic nitrogens is 2. The zero-order valence-electron chi connectivity index (χ0n) is 13.9. The summed E-state index contributed by atoms with van der Waals surface area (Å²) in [5.41, 5.74) is 2.08. The molecule has 1 aliphatic heterocycles. The number of aryl methyl sites for hydroxylation is 1. The van der Waals surface area contributed by atoms with Crippen molar-refractivity contribution in [3.05, 3.63) is 64.8 Å². The maximum atomic E-state index is 13.6. The fraction of sp³-hybridized carbons (Fsp3) is 0.211. The minimum absolute atomic E-state index is 0.0961. The summed E-state index contributed by atoms with van der Waals surface area (Å²) >= 11 is 6.17. The number of nitrogens with zero attached hydrogens (tertiary/aromatic N) is 3. The molecule has 0 N–H and O–H groups in total. The lowest BCUT2D eigenvalue weighted by Crippen LogP contribution is -2.25. The predicted molar refractivity (Wildman–Crippen MR) is 95.6 cm³/mol. The highest BCUT2D eigenvalue weighted by Gasteiger charge is 2.36. The van der Waals surface area contributed by atoms with E-state index < -0.39 is 0 Å². The maximum absolute atomic E-state index is 13.6. The summed E-state index contributed by atoms with van der Waals surface area (Å²) in [7, 11) is 0. The van der Waals surface area contributed by atoms with Gasteiger partial charge >= 0.3 is 0 Å². The molecule has 1 aromatic heterocycles. The Balaban J connectivity index is 1.60. The van der Waals surface area contributed by atoms with Gasteiger partial charge in [0.2, 0.25) is 17.6 Å². The van der Waals surface area contributed by atoms with Gasteiger partial charge in [-0.25, -0.2) is 4.39 Å². The van der Waals surface area contributed by atoms with Gasteiger partial charge in [0.15, 0.2) is 0 Å². The number of carbonyl (C=O) groups excluding carboxylic acids is 1. The largest absolute Gasteiger partial charge is 0.339 e. The fourth-order valence-electron chi connectivity index (χ4n) is 3.13. The van der Waals surface area contributed by atoms with Gasteiger partial charge in [0, 0.05) is 24.2 Å². The summed E-state index contributed by atoms with van der Waals surface area (Å²) in [4.78, 5) is 18.4. The maximum Gasteiger partial charge on any atom is 0.232 e. The molecule has 1 fully saturated rings. The lowest BCUT2D eigenvalue weighted by molar-refractivity contribution is -0.117. The fourth-order valence-corrected chi connectivity index (χ4v) is 3.35. The first-order chi connectivity index (χ1) is 12.5. The van der Waals surface area contributed by atoms with Gasteiger partial charge < -0.3 is 9.42 Å². The Hall–Kier alpha value is -2.73. The van der Waals surface area contributed by atoms with Gasteiger partial charge in [0.25, 0.3) is 0 Å². The van der Waals surface area contributed by atoms with Crippen LogP contribution >= 0.6 is 11.6 Å². The molecule has 0 saturated carbocycles. The predicted octanol–water partition coefficient (Wildman–Crippen LogP) is 4.36. The van der Waals surface area contributed by atoms with E-state index in [1.165, 1.54) is 12.1 Å². The molecule has 5 nitrogen and oxygen atoms in total. The number of anilines is 1. The van der Waals surface area contributed by atoms with Gasteiger partial charge in [-0.15, -0.1) is 0 Å². The Morgan fingerprint density at radius 2 is 2.08 bits per heavy atom. The highest BCUT2D eigenvalue weighted by molar-refractivity contribution is 6.33. The molecule has 2 aromatic carbocycles. The van der Waals surface area contributed by atoms with E-state index >= 15 is 0 Å². The molecule has 1 unspecified atom stereocenters. The highest BCUT2D eigenvalue weighted by Crippen LogP contribution is 2.34. The molecule has 2 heterocycles. The second-order valence-electron chi connectivity index (χ2n) is 6.27. The Bertz CT molecular complexity index is 988. The third-order valence-electron chi connectivity index (χ3n) is 4.49. The van der Waals surface area contributed by atoms with Crippen LogP contribution in [0.2, 0.25) is 5.02 Å². The first-order valence-corrected chi connectivity index (χ1v) is 8.56. The summed E-state index contributed by atoms with van der Waals surface area (Å²) in [5, 5.41) is 4.51. The van der Waals surface area contributed by atoms with Crippen molar-refractivity contribution in [3.8, 4) is 11.4 Å². The van der Waals surface area contributed by atoms with Crippen molar-refractivity contribution >= 4 is 23.2 Å². The van der Waals surface area contributed by atoms with Crippen LogP contribution in [0.5, 0.6) is 0 Å². The van der Waals surface area contributed by atoms with Crippen LogP contribution in [0.3, 0.4) is 0 Å². The van der Waals surface area contributed by atoms with E-state index in [1.54, 1.807) is 23.1 Å². The van der Waals surface area contributed by atoms with Crippen molar-refractivity contribution < 1.29 is 13.7 Å². The van der Waals surface area contributed by atoms with E-state index in [-0.39, 0.29) is 24.1 Å². The van der Waals surface area contributed by atoms with Gasteiger partial charge in [-0.1, -0.05) is 35.0 Å². The number of hydrogen-bond donors (Lipinski definition) is 0. The molecule has 132 valence electrons. The van der Waals surface area contributed by atoms with Crippen molar-refractivity contribution in [2.24, 2.45) is 0 Å². The van der Waals surface area contributed by atoms with Crippen LogP contribution in [0.4, 0.5) is 10.1 Å². The zero-order valence-corrected chi connectivity index (χ0v) is 14.7. The molecule has 26 heavy (non-hydrogen) atoms. The van der Waals surface area contributed by atoms with Crippen LogP contribution < -0.4 is 4.90 Å². The zero-order chi connectivity index (χ0) is 18.3. The van der Waals surface area contributed by atoms with E-state index in [0.717, 1.165) is 5.56 Å². The summed E-state index contributed by atoms with van der Waals surface area (Å²) < 4.78 is 19.0. The summed E-state index contributed by atoms with van der Waals surface area (Å²) in [6.07, 6.45) is 0.236. The quantitative estimate of drug-likeness (QED) is 0.686. The Morgan fingerprint density at radius 3 is 2.88 bits per heavy atom. The van der Waals surface area contributed by atoms with E-state index in [9.17, 15) is 9.18 Å². The molecule has 1 saturated heterocycles. The second-order valence-corrected chi connectivity index (χ2v) is 6.68. The number of carbonyl (C=O) groups is 1. The van der Waals surface area contributed by atoms with E-state index in [0.29, 0.717) is 34.5 Å². The molecule has 0 aliphatic carbocycles. The van der Waals surface area contributed by atoms with Gasteiger partial charge in [-0.05, 0) is 36.8 Å². The first kappa shape index (κ1) is 16.7. The third-order valence-corrected chi connectivity index (χ3v) is 4.82. The van der Waals surface area contributed by atoms with Crippen molar-refractivity contribution in [1.82, 2.24) is 10.1 Å². The highest BCUT2D eigenvalue weighted by atomic mass is 35.5. The summed E-state index contributed by atoms with van der Waals surface area (Å²) in [5.74, 6) is 0.0546. The van der Waals surface area contributed by atoms with Gasteiger partial charge in [0.05, 0.1) is 10.9 Å². The average Bonchev–Trinajstić information content (AvgIpc) is 3.24. The van der Waals surface area contributed by atoms with Crippen LogP contribution in [0, 0.1) is 12.7 Å². The minimum Gasteiger partial charge on any atom is -0.339 e. The second kappa shape index (κ2) is 6.53. The molecule has 0 bridgehead atoms. The number of rotatable bonds is 3. The van der Waals surface area contributed by atoms with Crippen molar-refractivity contribution in [2.45, 2.75) is 19.3 Å². The van der Waals surface area contributed by atoms with Gasteiger partial charge in [0.1, 0.15) is 5.82 Å². The van der Waals surface area contributed by atoms with Crippen LogP contribution in [-0.2, 0) is 4.79 Å². The SMILES string of the molecule is Cc1ccc(F)cc1N1CC(c2nc(-c3ccccc3Cl)no2)CC1=O. The van der Waals surface area contributed by atoms with Crippen LogP contribution in [0.15, 0.2) is 47.0 Å². The summed E-state index contributed by atoms with van der Waals surface area (Å²) in [6, 6.07) is 11.6. The number of halogens is 2. The van der Waals surface area contributed by atoms with Crippen molar-refractivity contribution in [3.63, 3.8) is 0 Å². The lowest BCUT2D eigenvalue weighted by atomic mass is 10.1. The standard InChI is InChI=1S/C19H15ClFN3O2/c1-11-6-7-13(21)9-16(11)24-10-12(8-17(24)25)19-22-18(23-26-19)14-4-2-3-5-15(14)20/h2-7,9,12H,8,10H2,1H3. The monoisotopic (exact) mass is 371 g/mol. The average molecular weight is 372 g/mol. The third kappa shape index (κ3) is 2.97. The molecule has 0 spiro atoms. The lowest BCUT2D eigenvalue weighted by Gasteiger charge is -2.18. The topological polar surface area (TPSA) is 59.2 Å². The Kier molecular flexibility index (Phi) is 4.20. The van der Waals surface area contributed by atoms with Gasteiger partial charge in [-0.2, -0.15) is 4.98 Å². The van der Waals surface area contributed by atoms with E-state index in [4.69, 9.17) is 16.1 Å². The normalized spacial score (nSPS) is 17.1. The molecule has 4 rings (SSSR count). The molecule has 3 aromatic rings. The smallest absolute Gasteiger partial charge is 0.232 e. The first-order valence-electron chi connectivity index (χ1n) is 8.18. The van der Waals surface area contributed by atoms with E-state index in [1.807, 2.05) is 19.1 Å². The molecular formula is C19H15ClFN3O2. The van der Waals surface area contributed by atoms with Crippen LogP contribution in [0.25, 0.3) is 11.4 Å². The molecule has 0 radical (unpaired) electrons. The number of benzene rings is 2.